The van der Waals surface area contributed by atoms with E-state index in [4.69, 9.17) is 4.43 Å². The van der Waals surface area contributed by atoms with Crippen molar-refractivity contribution in [3.63, 3.8) is 0 Å². The molecule has 2 aromatic rings. The largest absolute Gasteiger partial charge is 0.407 e. The quantitative estimate of drug-likeness (QED) is 0.289. The van der Waals surface area contributed by atoms with Crippen LogP contribution in [0.5, 0.6) is 0 Å². The van der Waals surface area contributed by atoms with Crippen molar-refractivity contribution < 1.29 is 4.43 Å². The molecule has 2 aromatic carbocycles. The molecule has 0 fully saturated rings. The second-order valence-electron chi connectivity index (χ2n) is 10.8. The van der Waals surface area contributed by atoms with Crippen molar-refractivity contribution in [1.29, 1.82) is 0 Å². The average Bonchev–Trinajstić information content (AvgIpc) is 2.67. The van der Waals surface area contributed by atoms with Crippen molar-refractivity contribution in [1.82, 2.24) is 0 Å². The first-order chi connectivity index (χ1) is 13.9. The zero-order valence-electron chi connectivity index (χ0n) is 20.3. The Morgan fingerprint density at radius 2 is 1.20 bits per heavy atom. The highest BCUT2D eigenvalue weighted by Crippen LogP contribution is 2.37. The molecule has 0 saturated heterocycles. The van der Waals surface area contributed by atoms with Crippen LogP contribution in [0.4, 0.5) is 0 Å². The summed E-state index contributed by atoms with van der Waals surface area (Å²) in [4.78, 5) is 0. The molecule has 0 N–H and O–H groups in total. The maximum Gasteiger partial charge on any atom is 0.261 e. The van der Waals surface area contributed by atoms with Gasteiger partial charge in [-0.3, -0.25) is 0 Å². The predicted octanol–water partition coefficient (Wildman–Crippen LogP) is 6.39. The van der Waals surface area contributed by atoms with Crippen molar-refractivity contribution in [2.24, 2.45) is 0 Å². The molecule has 0 saturated carbocycles. The number of benzene rings is 2. The summed E-state index contributed by atoms with van der Waals surface area (Å²) in [6.07, 6.45) is 1.89. The van der Waals surface area contributed by atoms with Crippen LogP contribution < -0.4 is 10.4 Å². The van der Waals surface area contributed by atoms with Crippen LogP contribution in [-0.2, 0) is 4.43 Å². The Morgan fingerprint density at radius 1 is 0.733 bits per heavy atom. The maximum atomic E-state index is 6.95. The zero-order chi connectivity index (χ0) is 22.5. The summed E-state index contributed by atoms with van der Waals surface area (Å²) in [6, 6.07) is 21.7. The lowest BCUT2D eigenvalue weighted by molar-refractivity contribution is 0.293. The molecule has 0 aliphatic heterocycles. The fourth-order valence-electron chi connectivity index (χ4n) is 3.62. The average molecular weight is 437 g/mol. The summed E-state index contributed by atoms with van der Waals surface area (Å²) in [6.45, 7) is 19.4. The molecule has 3 heteroatoms. The van der Waals surface area contributed by atoms with E-state index in [1.165, 1.54) is 10.4 Å². The molecule has 0 atom stereocenters. The molecule has 0 bridgehead atoms. The lowest BCUT2D eigenvalue weighted by Crippen LogP contribution is -2.66. The Bertz CT molecular complexity index is 807. The highest BCUT2D eigenvalue weighted by atomic mass is 28.4. The first-order valence-electron chi connectivity index (χ1n) is 11.2. The number of unbranched alkanes of at least 4 members (excludes halogenated alkanes) is 1. The van der Waals surface area contributed by atoms with Gasteiger partial charge in [-0.15, -0.1) is 11.5 Å². The Hall–Kier alpha value is -1.61. The molecule has 162 valence electrons. The van der Waals surface area contributed by atoms with E-state index in [9.17, 15) is 0 Å². The Kier molecular flexibility index (Phi) is 7.96. The van der Waals surface area contributed by atoms with Gasteiger partial charge in [0.05, 0.1) is 0 Å². The third kappa shape index (κ3) is 5.55. The molecule has 0 amide bonds. The summed E-state index contributed by atoms with van der Waals surface area (Å²) < 4.78 is 6.95. The van der Waals surface area contributed by atoms with Gasteiger partial charge >= 0.3 is 0 Å². The summed E-state index contributed by atoms with van der Waals surface area (Å²) >= 11 is 0. The SMILES string of the molecule is CC(C)(C)[Si](C)(C)C#CCCCO[Si](c1ccccc1)(c1ccccc1)C(C)(C)C. The van der Waals surface area contributed by atoms with Gasteiger partial charge < -0.3 is 4.43 Å². The first-order valence-corrected chi connectivity index (χ1v) is 16.1. The second kappa shape index (κ2) is 9.68. The van der Waals surface area contributed by atoms with E-state index >= 15 is 0 Å². The predicted molar refractivity (Wildman–Crippen MR) is 138 cm³/mol. The van der Waals surface area contributed by atoms with E-state index in [1.54, 1.807) is 0 Å². The van der Waals surface area contributed by atoms with Crippen molar-refractivity contribution in [3.8, 4) is 11.5 Å². The number of hydrogen-bond acceptors (Lipinski definition) is 1. The van der Waals surface area contributed by atoms with E-state index in [2.05, 4.69) is 127 Å². The zero-order valence-corrected chi connectivity index (χ0v) is 22.3. The van der Waals surface area contributed by atoms with Crippen molar-refractivity contribution in [3.05, 3.63) is 60.7 Å². The molecule has 0 radical (unpaired) electrons. The molecule has 2 rings (SSSR count). The minimum Gasteiger partial charge on any atom is -0.407 e. The molecule has 0 heterocycles. The van der Waals surface area contributed by atoms with E-state index in [0.29, 0.717) is 5.04 Å². The normalized spacial score (nSPS) is 12.9. The van der Waals surface area contributed by atoms with Gasteiger partial charge in [-0.2, -0.15) is 0 Å². The summed E-state index contributed by atoms with van der Waals surface area (Å²) in [5.41, 5.74) is 3.63. The molecule has 0 aliphatic rings. The van der Waals surface area contributed by atoms with Gasteiger partial charge in [-0.25, -0.2) is 0 Å². The van der Waals surface area contributed by atoms with E-state index in [0.717, 1.165) is 19.4 Å². The van der Waals surface area contributed by atoms with Crippen molar-refractivity contribution in [2.75, 3.05) is 6.61 Å². The topological polar surface area (TPSA) is 9.23 Å². The number of hydrogen-bond donors (Lipinski definition) is 0. The van der Waals surface area contributed by atoms with Crippen molar-refractivity contribution >= 4 is 26.8 Å². The third-order valence-electron chi connectivity index (χ3n) is 6.46. The Balaban J connectivity index is 2.24. The van der Waals surface area contributed by atoms with E-state index in [-0.39, 0.29) is 5.04 Å². The molecule has 0 spiro atoms. The van der Waals surface area contributed by atoms with Crippen LogP contribution in [0.3, 0.4) is 0 Å². The van der Waals surface area contributed by atoms with E-state index in [1.807, 2.05) is 0 Å². The summed E-state index contributed by atoms with van der Waals surface area (Å²) in [5, 5.41) is 3.03. The summed E-state index contributed by atoms with van der Waals surface area (Å²) in [7, 11) is -3.95. The Labute approximate surface area is 187 Å². The first kappa shape index (κ1) is 24.7. The van der Waals surface area contributed by atoms with Crippen LogP contribution in [0.1, 0.15) is 54.4 Å². The van der Waals surface area contributed by atoms with Crippen LogP contribution in [0.2, 0.25) is 23.2 Å². The van der Waals surface area contributed by atoms with Gasteiger partial charge in [-0.1, -0.05) is 115 Å². The van der Waals surface area contributed by atoms with Gasteiger partial charge in [0, 0.05) is 13.0 Å². The van der Waals surface area contributed by atoms with Crippen LogP contribution in [0.15, 0.2) is 60.7 Å². The molecule has 0 aromatic heterocycles. The molecule has 0 unspecified atom stereocenters. The minimum absolute atomic E-state index is 0.0303. The smallest absolute Gasteiger partial charge is 0.261 e. The van der Waals surface area contributed by atoms with Gasteiger partial charge in [0.2, 0.25) is 0 Å². The molecule has 30 heavy (non-hydrogen) atoms. The Morgan fingerprint density at radius 3 is 1.60 bits per heavy atom. The van der Waals surface area contributed by atoms with Gasteiger partial charge in [0.1, 0.15) is 8.07 Å². The summed E-state index contributed by atoms with van der Waals surface area (Å²) in [5.74, 6) is 3.48. The maximum absolute atomic E-state index is 6.95. The number of rotatable bonds is 6. The van der Waals surface area contributed by atoms with E-state index < -0.39 is 16.4 Å². The van der Waals surface area contributed by atoms with Gasteiger partial charge in [-0.05, 0) is 26.9 Å². The molecular weight excluding hydrogens is 396 g/mol. The van der Waals surface area contributed by atoms with Gasteiger partial charge in [0.15, 0.2) is 0 Å². The molecule has 1 nitrogen and oxygen atoms in total. The highest BCUT2D eigenvalue weighted by Gasteiger charge is 2.49. The lowest BCUT2D eigenvalue weighted by Gasteiger charge is -2.43. The minimum atomic E-state index is -2.42. The highest BCUT2D eigenvalue weighted by molar-refractivity contribution is 6.99. The van der Waals surface area contributed by atoms with Gasteiger partial charge in [0.25, 0.3) is 8.32 Å². The fraction of sp³-hybridized carbons (Fsp3) is 0.481. The van der Waals surface area contributed by atoms with Crippen LogP contribution in [0, 0.1) is 11.5 Å². The molecule has 0 aliphatic carbocycles. The van der Waals surface area contributed by atoms with Crippen molar-refractivity contribution in [2.45, 2.75) is 77.6 Å². The molecular formula is C27H40OSi2. The van der Waals surface area contributed by atoms with Crippen LogP contribution in [0.25, 0.3) is 0 Å². The van der Waals surface area contributed by atoms with Crippen LogP contribution in [-0.4, -0.2) is 23.0 Å². The monoisotopic (exact) mass is 436 g/mol. The lowest BCUT2D eigenvalue weighted by atomic mass is 10.2. The fourth-order valence-corrected chi connectivity index (χ4v) is 9.17. The second-order valence-corrected chi connectivity index (χ2v) is 20.1. The van der Waals surface area contributed by atoms with Crippen LogP contribution >= 0.6 is 0 Å². The standard InChI is InChI=1S/C27H40OSi2/c1-26(2,3)29(7,8)23-17-11-16-22-28-30(27(4,5)6,24-18-12-9-13-19-24)25-20-14-10-15-21-25/h9-10,12-15,18-21H,11,16,22H2,1-8H3. The third-order valence-corrected chi connectivity index (χ3v) is 16.1.